The maximum absolute atomic E-state index is 6.31. The molecule has 0 aliphatic rings. The Morgan fingerprint density at radius 3 is 2.48 bits per heavy atom. The standard InChI is InChI=1S/C18H23NO2/c1-13-5-4-6-14(9-13)10-16(19)11-15-12-17(20-2)7-8-18(15)21-3/h4-9,12,16H,10-11,19H2,1-3H3. The second-order valence-electron chi connectivity index (χ2n) is 5.34. The van der Waals surface area contributed by atoms with E-state index in [0.717, 1.165) is 29.9 Å². The van der Waals surface area contributed by atoms with E-state index in [-0.39, 0.29) is 6.04 Å². The molecule has 0 saturated carbocycles. The molecule has 0 heterocycles. The van der Waals surface area contributed by atoms with Crippen molar-refractivity contribution in [2.24, 2.45) is 5.73 Å². The third-order valence-corrected chi connectivity index (χ3v) is 3.55. The van der Waals surface area contributed by atoms with Crippen LogP contribution in [0.1, 0.15) is 16.7 Å². The van der Waals surface area contributed by atoms with Crippen LogP contribution in [0.4, 0.5) is 0 Å². The largest absolute Gasteiger partial charge is 0.497 e. The van der Waals surface area contributed by atoms with Crippen LogP contribution >= 0.6 is 0 Å². The molecule has 112 valence electrons. The monoisotopic (exact) mass is 285 g/mol. The number of hydrogen-bond donors (Lipinski definition) is 1. The third-order valence-electron chi connectivity index (χ3n) is 3.55. The molecule has 0 fully saturated rings. The molecule has 2 aromatic rings. The second kappa shape index (κ2) is 7.14. The predicted octanol–water partition coefficient (Wildman–Crippen LogP) is 3.12. The highest BCUT2D eigenvalue weighted by Crippen LogP contribution is 2.25. The molecule has 2 rings (SSSR count). The van der Waals surface area contributed by atoms with Crippen molar-refractivity contribution in [1.29, 1.82) is 0 Å². The molecule has 2 aromatic carbocycles. The minimum atomic E-state index is 0.0489. The highest BCUT2D eigenvalue weighted by Gasteiger charge is 2.11. The first kappa shape index (κ1) is 15.4. The summed E-state index contributed by atoms with van der Waals surface area (Å²) in [5, 5.41) is 0. The highest BCUT2D eigenvalue weighted by atomic mass is 16.5. The van der Waals surface area contributed by atoms with Crippen LogP contribution in [-0.4, -0.2) is 20.3 Å². The normalized spacial score (nSPS) is 12.0. The zero-order chi connectivity index (χ0) is 15.2. The van der Waals surface area contributed by atoms with Crippen LogP contribution in [0.3, 0.4) is 0 Å². The summed E-state index contributed by atoms with van der Waals surface area (Å²) in [5.74, 6) is 1.68. The summed E-state index contributed by atoms with van der Waals surface area (Å²) >= 11 is 0. The fraction of sp³-hybridized carbons (Fsp3) is 0.333. The summed E-state index contributed by atoms with van der Waals surface area (Å²) in [4.78, 5) is 0. The molecule has 0 bridgehead atoms. The number of benzene rings is 2. The smallest absolute Gasteiger partial charge is 0.122 e. The lowest BCUT2D eigenvalue weighted by molar-refractivity contribution is 0.397. The van der Waals surface area contributed by atoms with Crippen LogP contribution in [0.2, 0.25) is 0 Å². The molecule has 3 heteroatoms. The van der Waals surface area contributed by atoms with Gasteiger partial charge in [0.2, 0.25) is 0 Å². The van der Waals surface area contributed by atoms with Crippen LogP contribution < -0.4 is 15.2 Å². The van der Waals surface area contributed by atoms with Crippen LogP contribution in [0.25, 0.3) is 0 Å². The number of aryl methyl sites for hydroxylation is 1. The first-order valence-electron chi connectivity index (χ1n) is 7.14. The average molecular weight is 285 g/mol. The molecule has 0 saturated heterocycles. The molecule has 1 atom stereocenters. The molecular formula is C18H23NO2. The minimum absolute atomic E-state index is 0.0489. The van der Waals surface area contributed by atoms with Gasteiger partial charge in [-0.15, -0.1) is 0 Å². The number of nitrogens with two attached hydrogens (primary N) is 1. The molecule has 2 N–H and O–H groups in total. The maximum atomic E-state index is 6.31. The number of ether oxygens (including phenoxy) is 2. The fourth-order valence-electron chi connectivity index (χ4n) is 2.54. The quantitative estimate of drug-likeness (QED) is 0.887. The third kappa shape index (κ3) is 4.23. The van der Waals surface area contributed by atoms with Gasteiger partial charge in [-0.05, 0) is 49.1 Å². The van der Waals surface area contributed by atoms with E-state index < -0.39 is 0 Å². The summed E-state index contributed by atoms with van der Waals surface area (Å²) in [6.45, 7) is 2.10. The Labute approximate surface area is 126 Å². The van der Waals surface area contributed by atoms with Gasteiger partial charge >= 0.3 is 0 Å². The molecular weight excluding hydrogens is 262 g/mol. The molecule has 0 aliphatic heterocycles. The van der Waals surface area contributed by atoms with Crippen LogP contribution in [0, 0.1) is 6.92 Å². The Morgan fingerprint density at radius 2 is 1.81 bits per heavy atom. The minimum Gasteiger partial charge on any atom is -0.497 e. The molecule has 0 amide bonds. The molecule has 0 spiro atoms. The van der Waals surface area contributed by atoms with Crippen molar-refractivity contribution in [3.05, 3.63) is 59.2 Å². The van der Waals surface area contributed by atoms with Crippen molar-refractivity contribution < 1.29 is 9.47 Å². The van der Waals surface area contributed by atoms with Gasteiger partial charge in [-0.25, -0.2) is 0 Å². The van der Waals surface area contributed by atoms with Crippen molar-refractivity contribution in [2.75, 3.05) is 14.2 Å². The second-order valence-corrected chi connectivity index (χ2v) is 5.34. The van der Waals surface area contributed by atoms with E-state index >= 15 is 0 Å². The van der Waals surface area contributed by atoms with Gasteiger partial charge in [0.05, 0.1) is 14.2 Å². The topological polar surface area (TPSA) is 44.5 Å². The van der Waals surface area contributed by atoms with Crippen molar-refractivity contribution in [2.45, 2.75) is 25.8 Å². The lowest BCUT2D eigenvalue weighted by Gasteiger charge is -2.15. The van der Waals surface area contributed by atoms with E-state index in [2.05, 4.69) is 31.2 Å². The van der Waals surface area contributed by atoms with E-state index in [0.29, 0.717) is 0 Å². The SMILES string of the molecule is COc1ccc(OC)c(CC(N)Cc2cccc(C)c2)c1. The predicted molar refractivity (Wildman–Crippen MR) is 86.1 cm³/mol. The Hall–Kier alpha value is -2.00. The molecule has 0 radical (unpaired) electrons. The summed E-state index contributed by atoms with van der Waals surface area (Å²) in [7, 11) is 3.34. The van der Waals surface area contributed by atoms with E-state index in [1.54, 1.807) is 14.2 Å². The highest BCUT2D eigenvalue weighted by molar-refractivity contribution is 5.41. The summed E-state index contributed by atoms with van der Waals surface area (Å²) in [6.07, 6.45) is 1.61. The lowest BCUT2D eigenvalue weighted by atomic mass is 9.98. The van der Waals surface area contributed by atoms with Crippen LogP contribution in [0.5, 0.6) is 11.5 Å². The summed E-state index contributed by atoms with van der Waals surface area (Å²) < 4.78 is 10.7. The van der Waals surface area contributed by atoms with Gasteiger partial charge in [-0.2, -0.15) is 0 Å². The van der Waals surface area contributed by atoms with Gasteiger partial charge < -0.3 is 15.2 Å². The fourth-order valence-corrected chi connectivity index (χ4v) is 2.54. The van der Waals surface area contributed by atoms with Gasteiger partial charge in [-0.3, -0.25) is 0 Å². The van der Waals surface area contributed by atoms with Gasteiger partial charge in [0, 0.05) is 6.04 Å². The average Bonchev–Trinajstić information content (AvgIpc) is 2.47. The molecule has 21 heavy (non-hydrogen) atoms. The number of methoxy groups -OCH3 is 2. The Balaban J connectivity index is 2.09. The molecule has 1 unspecified atom stereocenters. The van der Waals surface area contributed by atoms with Gasteiger partial charge in [-0.1, -0.05) is 29.8 Å². The number of rotatable bonds is 6. The first-order chi connectivity index (χ1) is 10.1. The van der Waals surface area contributed by atoms with E-state index in [1.165, 1.54) is 11.1 Å². The number of hydrogen-bond acceptors (Lipinski definition) is 3. The Kier molecular flexibility index (Phi) is 5.23. The Morgan fingerprint density at radius 1 is 1.00 bits per heavy atom. The molecule has 0 aliphatic carbocycles. The Bertz CT molecular complexity index is 596. The van der Waals surface area contributed by atoms with E-state index in [4.69, 9.17) is 15.2 Å². The van der Waals surface area contributed by atoms with Gasteiger partial charge in [0.1, 0.15) is 11.5 Å². The lowest BCUT2D eigenvalue weighted by Crippen LogP contribution is -2.25. The molecule has 0 aromatic heterocycles. The molecule has 3 nitrogen and oxygen atoms in total. The van der Waals surface area contributed by atoms with Gasteiger partial charge in [0.25, 0.3) is 0 Å². The van der Waals surface area contributed by atoms with Crippen LogP contribution in [0.15, 0.2) is 42.5 Å². The van der Waals surface area contributed by atoms with Gasteiger partial charge in [0.15, 0.2) is 0 Å². The van der Waals surface area contributed by atoms with Crippen molar-refractivity contribution in [1.82, 2.24) is 0 Å². The zero-order valence-electron chi connectivity index (χ0n) is 12.9. The van der Waals surface area contributed by atoms with Crippen molar-refractivity contribution in [3.8, 4) is 11.5 Å². The van der Waals surface area contributed by atoms with Crippen molar-refractivity contribution >= 4 is 0 Å². The van der Waals surface area contributed by atoms with Crippen LogP contribution in [-0.2, 0) is 12.8 Å². The first-order valence-corrected chi connectivity index (χ1v) is 7.14. The summed E-state index contributed by atoms with van der Waals surface area (Å²) in [6, 6.07) is 14.3. The summed E-state index contributed by atoms with van der Waals surface area (Å²) in [5.41, 5.74) is 9.92. The zero-order valence-corrected chi connectivity index (χ0v) is 12.9. The van der Waals surface area contributed by atoms with E-state index in [9.17, 15) is 0 Å². The van der Waals surface area contributed by atoms with Crippen molar-refractivity contribution in [3.63, 3.8) is 0 Å². The maximum Gasteiger partial charge on any atom is 0.122 e. The van der Waals surface area contributed by atoms with E-state index in [1.807, 2.05) is 18.2 Å².